The first-order chi connectivity index (χ1) is 22.1. The van der Waals surface area contributed by atoms with Gasteiger partial charge in [0, 0.05) is 0 Å². The molecule has 0 aromatic heterocycles. The Kier molecular flexibility index (Phi) is 12.9. The Morgan fingerprint density at radius 2 is 0.915 bits per heavy atom. The van der Waals surface area contributed by atoms with E-state index in [1.807, 2.05) is 0 Å². The van der Waals surface area contributed by atoms with Crippen LogP contribution in [0.4, 0.5) is 0 Å². The molecule has 0 spiro atoms. The second-order valence-electron chi connectivity index (χ2n) is 11.2. The average molecular weight is 641 g/mol. The maximum Gasteiger partial charge on any atom is 0.343 e. The molecule has 0 heterocycles. The summed E-state index contributed by atoms with van der Waals surface area (Å²) in [6, 6.07) is 9.98. The number of carbonyl (C=O) groups is 3. The molecule has 0 unspecified atom stereocenters. The first-order valence-corrected chi connectivity index (χ1v) is 16.0. The van der Waals surface area contributed by atoms with Crippen LogP contribution in [0.15, 0.2) is 42.5 Å². The van der Waals surface area contributed by atoms with Crippen LogP contribution in [0.3, 0.4) is 0 Å². The molecule has 3 aromatic carbocycles. The van der Waals surface area contributed by atoms with E-state index in [4.69, 9.17) is 61.3 Å². The molecule has 16 heteroatoms. The predicted molar refractivity (Wildman–Crippen MR) is 182 cm³/mol. The Morgan fingerprint density at radius 3 is 1.19 bits per heavy atom. The Hall–Kier alpha value is -3.63. The SMILES string of the molecule is [B]Cc1cc(C[B])c(OC(=O)c2cc(C(=O)Oc3c(C[B])cc(C[B])cc3C[B])cc(C(=O)OC(C)(C)CS(=O)(=O)O)c2)c(C[B])c1. The average Bonchev–Trinajstić information content (AvgIpc) is 3.02. The molecule has 0 aliphatic carbocycles. The molecule has 12 radical (unpaired) electrons. The van der Waals surface area contributed by atoms with Gasteiger partial charge in [-0.15, -0.1) is 0 Å². The van der Waals surface area contributed by atoms with Gasteiger partial charge in [0.1, 0.15) is 22.9 Å². The van der Waals surface area contributed by atoms with Gasteiger partial charge in [0.05, 0.1) is 63.8 Å². The highest BCUT2D eigenvalue weighted by Crippen LogP contribution is 2.30. The summed E-state index contributed by atoms with van der Waals surface area (Å²) < 4.78 is 49.0. The third-order valence-corrected chi connectivity index (χ3v) is 7.94. The summed E-state index contributed by atoms with van der Waals surface area (Å²) in [6.45, 7) is 2.51. The van der Waals surface area contributed by atoms with E-state index < -0.39 is 39.4 Å². The molecule has 3 rings (SSSR count). The lowest BCUT2D eigenvalue weighted by Gasteiger charge is -2.23. The molecule has 47 heavy (non-hydrogen) atoms. The maximum atomic E-state index is 13.6. The molecule has 0 saturated heterocycles. The summed E-state index contributed by atoms with van der Waals surface area (Å²) in [5, 5.41) is 0. The van der Waals surface area contributed by atoms with Crippen molar-refractivity contribution in [2.75, 3.05) is 5.75 Å². The third-order valence-electron chi connectivity index (χ3n) is 6.88. The molecule has 9 nitrogen and oxygen atoms in total. The Morgan fingerprint density at radius 1 is 0.596 bits per heavy atom. The van der Waals surface area contributed by atoms with Gasteiger partial charge in [0.2, 0.25) is 0 Å². The van der Waals surface area contributed by atoms with Crippen LogP contribution >= 0.6 is 0 Å². The number of rotatable bonds is 14. The van der Waals surface area contributed by atoms with Crippen molar-refractivity contribution in [3.8, 4) is 11.5 Å². The smallest absolute Gasteiger partial charge is 0.343 e. The molecule has 0 amide bonds. The van der Waals surface area contributed by atoms with E-state index in [0.717, 1.165) is 18.2 Å². The highest BCUT2D eigenvalue weighted by atomic mass is 32.2. The molecular weight excluding hydrogens is 613 g/mol. The first kappa shape index (κ1) is 37.8. The van der Waals surface area contributed by atoms with Gasteiger partial charge in [-0.3, -0.25) is 4.55 Å². The van der Waals surface area contributed by atoms with E-state index in [0.29, 0.717) is 33.4 Å². The van der Waals surface area contributed by atoms with E-state index in [1.165, 1.54) is 13.8 Å². The van der Waals surface area contributed by atoms with E-state index in [-0.39, 0.29) is 66.1 Å². The second kappa shape index (κ2) is 16.0. The van der Waals surface area contributed by atoms with Crippen LogP contribution < -0.4 is 9.47 Å². The largest absolute Gasteiger partial charge is 0.455 e. The van der Waals surface area contributed by atoms with Crippen molar-refractivity contribution in [3.05, 3.63) is 92.5 Å². The summed E-state index contributed by atoms with van der Waals surface area (Å²) in [4.78, 5) is 40.4. The molecule has 0 aliphatic rings. The summed E-state index contributed by atoms with van der Waals surface area (Å²) in [6.07, 6.45) is 0.283. The predicted octanol–water partition coefficient (Wildman–Crippen LogP) is 1.96. The van der Waals surface area contributed by atoms with Crippen LogP contribution in [0.5, 0.6) is 11.5 Å². The highest BCUT2D eigenvalue weighted by molar-refractivity contribution is 7.85. The van der Waals surface area contributed by atoms with Crippen LogP contribution in [0.2, 0.25) is 0 Å². The zero-order valence-corrected chi connectivity index (χ0v) is 26.9. The summed E-state index contributed by atoms with van der Waals surface area (Å²) in [5.41, 5.74) is 0.595. The van der Waals surface area contributed by atoms with E-state index in [2.05, 4.69) is 0 Å². The van der Waals surface area contributed by atoms with Crippen LogP contribution in [0.25, 0.3) is 0 Å². The quantitative estimate of drug-likeness (QED) is 0.121. The monoisotopic (exact) mass is 642 g/mol. The van der Waals surface area contributed by atoms with Crippen LogP contribution in [-0.2, 0) is 52.8 Å². The fraction of sp³-hybridized carbons (Fsp3) is 0.323. The molecule has 1 N–H and O–H groups in total. The first-order valence-electron chi connectivity index (χ1n) is 14.4. The Labute approximate surface area is 283 Å². The number of hydrogen-bond donors (Lipinski definition) is 1. The minimum absolute atomic E-state index is 0.0217. The zero-order chi connectivity index (χ0) is 35.1. The molecule has 3 aromatic rings. The highest BCUT2D eigenvalue weighted by Gasteiger charge is 2.31. The summed E-state index contributed by atoms with van der Waals surface area (Å²) in [5.74, 6) is -3.85. The van der Waals surface area contributed by atoms with Crippen molar-refractivity contribution in [1.29, 1.82) is 0 Å². The van der Waals surface area contributed by atoms with Crippen molar-refractivity contribution in [3.63, 3.8) is 0 Å². The Balaban J connectivity index is 2.12. The minimum atomic E-state index is -4.54. The lowest BCUT2D eigenvalue weighted by atomic mass is 9.85. The van der Waals surface area contributed by atoms with Crippen LogP contribution in [-0.4, -0.2) is 89.3 Å². The van der Waals surface area contributed by atoms with Gasteiger partial charge >= 0.3 is 17.9 Å². The number of benzene rings is 3. The van der Waals surface area contributed by atoms with Crippen molar-refractivity contribution in [1.82, 2.24) is 0 Å². The van der Waals surface area contributed by atoms with Gasteiger partial charge in [-0.25, -0.2) is 14.4 Å². The standard InChI is InChI=1S/C31H28B6O9S/c1-31(2,16-47(41,42)43)46-30(40)21-8-19(28(38)44-26-22(12-34)3-17(10-32)4-23(26)13-35)7-20(9-21)29(39)45-27-24(14-36)5-18(11-33)6-25(27)15-37/h3-9H,10-16H2,1-2H3,(H,41,42,43). The van der Waals surface area contributed by atoms with Crippen LogP contribution in [0.1, 0.15) is 78.3 Å². The lowest BCUT2D eigenvalue weighted by Crippen LogP contribution is -2.36. The summed E-state index contributed by atoms with van der Waals surface area (Å²) in [7, 11) is 30.6. The zero-order valence-electron chi connectivity index (χ0n) is 26.1. The molecule has 230 valence electrons. The molecule has 0 atom stereocenters. The minimum Gasteiger partial charge on any atom is -0.455 e. The number of hydrogen-bond acceptors (Lipinski definition) is 8. The van der Waals surface area contributed by atoms with Crippen molar-refractivity contribution >= 4 is 75.1 Å². The van der Waals surface area contributed by atoms with Crippen molar-refractivity contribution in [2.24, 2.45) is 0 Å². The van der Waals surface area contributed by atoms with Gasteiger partial charge in [0.25, 0.3) is 10.1 Å². The topological polar surface area (TPSA) is 133 Å². The summed E-state index contributed by atoms with van der Waals surface area (Å²) >= 11 is 0. The van der Waals surface area contributed by atoms with Crippen LogP contribution in [0, 0.1) is 0 Å². The van der Waals surface area contributed by atoms with E-state index >= 15 is 0 Å². The van der Waals surface area contributed by atoms with Gasteiger partial charge in [0.15, 0.2) is 0 Å². The normalized spacial score (nSPS) is 11.6. The molecule has 0 bridgehead atoms. The number of carbonyl (C=O) groups excluding carboxylic acids is 3. The number of esters is 3. The lowest BCUT2D eigenvalue weighted by molar-refractivity contribution is 0.00783. The second-order valence-corrected chi connectivity index (χ2v) is 12.6. The van der Waals surface area contributed by atoms with Gasteiger partial charge in [-0.2, -0.15) is 8.42 Å². The van der Waals surface area contributed by atoms with Gasteiger partial charge < -0.3 is 14.2 Å². The van der Waals surface area contributed by atoms with Gasteiger partial charge in [-0.1, -0.05) is 73.3 Å². The number of ether oxygens (including phenoxy) is 3. The van der Waals surface area contributed by atoms with E-state index in [9.17, 15) is 27.4 Å². The Bertz CT molecular complexity index is 1630. The van der Waals surface area contributed by atoms with Gasteiger partial charge in [-0.05, 0) is 54.3 Å². The van der Waals surface area contributed by atoms with Crippen molar-refractivity contribution < 1.29 is 41.6 Å². The molecule has 0 saturated carbocycles. The molecule has 0 fully saturated rings. The maximum absolute atomic E-state index is 13.6. The fourth-order valence-electron chi connectivity index (χ4n) is 4.82. The third kappa shape index (κ3) is 9.93. The fourth-order valence-corrected chi connectivity index (χ4v) is 5.76. The molecule has 0 aliphatic heterocycles. The molecular formula is C31H28B6O9S. The van der Waals surface area contributed by atoms with Crippen molar-refractivity contribution in [2.45, 2.75) is 57.4 Å². The van der Waals surface area contributed by atoms with E-state index in [1.54, 1.807) is 24.3 Å².